The van der Waals surface area contributed by atoms with Gasteiger partial charge in [-0.25, -0.2) is 4.98 Å². The number of nitrogens with zero attached hydrogens (tertiary/aromatic N) is 2. The highest BCUT2D eigenvalue weighted by molar-refractivity contribution is 5.59. The van der Waals surface area contributed by atoms with Gasteiger partial charge in [-0.05, 0) is 12.5 Å². The van der Waals surface area contributed by atoms with Crippen molar-refractivity contribution in [1.82, 2.24) is 15.0 Å². The van der Waals surface area contributed by atoms with Gasteiger partial charge in [-0.15, -0.1) is 0 Å². The van der Waals surface area contributed by atoms with E-state index in [9.17, 15) is 4.79 Å². The van der Waals surface area contributed by atoms with E-state index >= 15 is 0 Å². The zero-order valence-corrected chi connectivity index (χ0v) is 11.5. The minimum atomic E-state index is -0.220. The van der Waals surface area contributed by atoms with E-state index in [1.54, 1.807) is 19.5 Å². The molecule has 0 amide bonds. The zero-order valence-electron chi connectivity index (χ0n) is 11.5. The van der Waals surface area contributed by atoms with E-state index in [4.69, 9.17) is 9.47 Å². The van der Waals surface area contributed by atoms with Crippen LogP contribution in [0.4, 0.5) is 0 Å². The summed E-state index contributed by atoms with van der Waals surface area (Å²) >= 11 is 0. The van der Waals surface area contributed by atoms with Crippen molar-refractivity contribution in [3.8, 4) is 17.0 Å². The Kier molecular flexibility index (Phi) is 4.84. The Morgan fingerprint density at radius 2 is 2.15 bits per heavy atom. The predicted molar refractivity (Wildman–Crippen MR) is 74.6 cm³/mol. The molecular weight excluding hydrogens is 258 g/mol. The lowest BCUT2D eigenvalue weighted by molar-refractivity contribution is 0.177. The second-order valence-electron chi connectivity index (χ2n) is 4.27. The van der Waals surface area contributed by atoms with E-state index in [1.165, 1.54) is 6.07 Å². The smallest absolute Gasteiger partial charge is 0.251 e. The van der Waals surface area contributed by atoms with Crippen LogP contribution in [0.2, 0.25) is 0 Å². The molecule has 20 heavy (non-hydrogen) atoms. The van der Waals surface area contributed by atoms with Gasteiger partial charge >= 0.3 is 0 Å². The summed E-state index contributed by atoms with van der Waals surface area (Å²) in [7, 11) is 1.55. The molecular formula is C14H17N3O3. The summed E-state index contributed by atoms with van der Waals surface area (Å²) in [6.07, 6.45) is 4.21. The summed E-state index contributed by atoms with van der Waals surface area (Å²) in [5, 5.41) is 0. The van der Waals surface area contributed by atoms with Crippen LogP contribution in [0.25, 0.3) is 11.3 Å². The Hall–Kier alpha value is -2.21. The first-order valence-corrected chi connectivity index (χ1v) is 6.40. The van der Waals surface area contributed by atoms with Gasteiger partial charge in [0.1, 0.15) is 18.2 Å². The number of rotatable bonds is 6. The maximum Gasteiger partial charge on any atom is 0.251 e. The summed E-state index contributed by atoms with van der Waals surface area (Å²) in [4.78, 5) is 22.7. The molecule has 6 heteroatoms. The van der Waals surface area contributed by atoms with Crippen molar-refractivity contribution in [3.63, 3.8) is 0 Å². The lowest BCUT2D eigenvalue weighted by atomic mass is 10.2. The highest BCUT2D eigenvalue weighted by Gasteiger charge is 2.06. The average Bonchev–Trinajstić information content (AvgIpc) is 2.45. The molecule has 0 saturated heterocycles. The molecule has 0 aliphatic carbocycles. The predicted octanol–water partition coefficient (Wildman–Crippen LogP) is 1.77. The van der Waals surface area contributed by atoms with E-state index in [1.807, 2.05) is 13.0 Å². The zero-order chi connectivity index (χ0) is 14.4. The Bertz CT molecular complexity index is 625. The number of ether oxygens (including phenoxy) is 2. The van der Waals surface area contributed by atoms with E-state index < -0.39 is 0 Å². The second-order valence-corrected chi connectivity index (χ2v) is 4.27. The summed E-state index contributed by atoms with van der Waals surface area (Å²) in [6, 6.07) is 3.25. The molecule has 2 heterocycles. The molecule has 0 saturated carbocycles. The summed E-state index contributed by atoms with van der Waals surface area (Å²) < 4.78 is 10.5. The minimum absolute atomic E-state index is 0.220. The molecule has 0 fully saturated rings. The van der Waals surface area contributed by atoms with Crippen LogP contribution < -0.4 is 10.3 Å². The van der Waals surface area contributed by atoms with Crippen LogP contribution in [0.15, 0.2) is 29.3 Å². The Balaban J connectivity index is 2.33. The first kappa shape index (κ1) is 14.2. The number of hydrogen-bond donors (Lipinski definition) is 1. The van der Waals surface area contributed by atoms with Crippen LogP contribution in [0.1, 0.15) is 19.2 Å². The minimum Gasteiger partial charge on any atom is -0.492 e. The molecule has 0 atom stereocenters. The maximum atomic E-state index is 11.6. The molecule has 0 radical (unpaired) electrons. The molecule has 2 aromatic rings. The van der Waals surface area contributed by atoms with Crippen molar-refractivity contribution < 1.29 is 9.47 Å². The largest absolute Gasteiger partial charge is 0.492 e. The summed E-state index contributed by atoms with van der Waals surface area (Å²) in [6.45, 7) is 2.91. The van der Waals surface area contributed by atoms with E-state index in [-0.39, 0.29) is 12.2 Å². The van der Waals surface area contributed by atoms with E-state index in [0.717, 1.165) is 12.0 Å². The van der Waals surface area contributed by atoms with Crippen molar-refractivity contribution in [3.05, 3.63) is 40.7 Å². The van der Waals surface area contributed by atoms with Gasteiger partial charge in [0.25, 0.3) is 5.56 Å². The molecule has 0 aromatic carbocycles. The molecule has 6 nitrogen and oxygen atoms in total. The van der Waals surface area contributed by atoms with Crippen molar-refractivity contribution in [1.29, 1.82) is 0 Å². The van der Waals surface area contributed by atoms with Gasteiger partial charge in [0.2, 0.25) is 0 Å². The summed E-state index contributed by atoms with van der Waals surface area (Å²) in [5.41, 5.74) is 1.07. The molecule has 0 aliphatic heterocycles. The second kappa shape index (κ2) is 6.81. The SMILES string of the molecule is CCCOc1cncc(-c2cc(=O)[nH]c(COC)n2)c1. The van der Waals surface area contributed by atoms with Crippen LogP contribution in [0.5, 0.6) is 5.75 Å². The fraction of sp³-hybridized carbons (Fsp3) is 0.357. The first-order chi connectivity index (χ1) is 9.72. The number of pyridine rings is 1. The fourth-order valence-corrected chi connectivity index (χ4v) is 1.72. The fourth-order valence-electron chi connectivity index (χ4n) is 1.72. The quantitative estimate of drug-likeness (QED) is 0.869. The average molecular weight is 275 g/mol. The number of hydrogen-bond acceptors (Lipinski definition) is 5. The molecule has 106 valence electrons. The Morgan fingerprint density at radius 1 is 1.30 bits per heavy atom. The molecule has 0 unspecified atom stereocenters. The topological polar surface area (TPSA) is 77.1 Å². The highest BCUT2D eigenvalue weighted by Crippen LogP contribution is 2.20. The Morgan fingerprint density at radius 3 is 2.90 bits per heavy atom. The van der Waals surface area contributed by atoms with Gasteiger partial charge in [0, 0.05) is 24.9 Å². The van der Waals surface area contributed by atoms with Gasteiger partial charge in [-0.1, -0.05) is 6.92 Å². The third kappa shape index (κ3) is 3.64. The molecule has 0 bridgehead atoms. The van der Waals surface area contributed by atoms with Gasteiger partial charge in [0.05, 0.1) is 18.5 Å². The van der Waals surface area contributed by atoms with Gasteiger partial charge in [0.15, 0.2) is 0 Å². The van der Waals surface area contributed by atoms with Crippen LogP contribution in [-0.4, -0.2) is 28.7 Å². The molecule has 2 aromatic heterocycles. The Labute approximate surface area is 116 Å². The third-order valence-corrected chi connectivity index (χ3v) is 2.55. The molecule has 2 rings (SSSR count). The monoisotopic (exact) mass is 275 g/mol. The number of methoxy groups -OCH3 is 1. The number of aromatic nitrogens is 3. The van der Waals surface area contributed by atoms with Crippen LogP contribution in [-0.2, 0) is 11.3 Å². The molecule has 0 aliphatic rings. The van der Waals surface area contributed by atoms with E-state index in [2.05, 4.69) is 15.0 Å². The lowest BCUT2D eigenvalue weighted by Crippen LogP contribution is -2.11. The standard InChI is InChI=1S/C14H17N3O3/c1-3-4-20-11-5-10(7-15-8-11)12-6-14(18)17-13(16-12)9-19-2/h5-8H,3-4,9H2,1-2H3,(H,16,17,18). The number of nitrogens with one attached hydrogen (secondary N) is 1. The molecule has 0 spiro atoms. The van der Waals surface area contributed by atoms with Gasteiger partial charge < -0.3 is 14.5 Å². The maximum absolute atomic E-state index is 11.6. The van der Waals surface area contributed by atoms with Crippen molar-refractivity contribution in [2.24, 2.45) is 0 Å². The van der Waals surface area contributed by atoms with Crippen LogP contribution >= 0.6 is 0 Å². The van der Waals surface area contributed by atoms with Crippen molar-refractivity contribution in [2.75, 3.05) is 13.7 Å². The number of aromatic amines is 1. The first-order valence-electron chi connectivity index (χ1n) is 6.40. The normalized spacial score (nSPS) is 10.5. The molecule has 1 N–H and O–H groups in total. The van der Waals surface area contributed by atoms with Crippen molar-refractivity contribution in [2.45, 2.75) is 20.0 Å². The third-order valence-electron chi connectivity index (χ3n) is 2.55. The van der Waals surface area contributed by atoms with Crippen LogP contribution in [0.3, 0.4) is 0 Å². The highest BCUT2D eigenvalue weighted by atomic mass is 16.5. The van der Waals surface area contributed by atoms with Crippen molar-refractivity contribution >= 4 is 0 Å². The van der Waals surface area contributed by atoms with Gasteiger partial charge in [-0.2, -0.15) is 0 Å². The van der Waals surface area contributed by atoms with Gasteiger partial charge in [-0.3, -0.25) is 9.78 Å². The lowest BCUT2D eigenvalue weighted by Gasteiger charge is -2.07. The summed E-state index contributed by atoms with van der Waals surface area (Å²) in [5.74, 6) is 1.15. The number of H-pyrrole nitrogens is 1. The van der Waals surface area contributed by atoms with Crippen LogP contribution in [0, 0.1) is 0 Å². The van der Waals surface area contributed by atoms with E-state index in [0.29, 0.717) is 23.9 Å².